The third-order valence-corrected chi connectivity index (χ3v) is 3.91. The molecule has 104 valence electrons. The summed E-state index contributed by atoms with van der Waals surface area (Å²) in [5, 5.41) is 10.4. The number of fused-ring (bicyclic) bond motifs is 3. The molecule has 1 atom stereocenters. The Bertz CT molecular complexity index is 689. The van der Waals surface area contributed by atoms with Gasteiger partial charge in [0.15, 0.2) is 0 Å². The van der Waals surface area contributed by atoms with Crippen LogP contribution in [0.3, 0.4) is 0 Å². The quantitative estimate of drug-likeness (QED) is 0.877. The van der Waals surface area contributed by atoms with Gasteiger partial charge in [-0.3, -0.25) is 4.79 Å². The molecule has 0 aliphatic carbocycles. The molecule has 0 saturated carbocycles. The number of rotatable bonds is 2. The highest BCUT2D eigenvalue weighted by atomic mass is 16.4. The van der Waals surface area contributed by atoms with E-state index in [0.29, 0.717) is 19.4 Å². The molecule has 20 heavy (non-hydrogen) atoms. The fraction of sp³-hybridized carbons (Fsp3) is 0.333. The zero-order chi connectivity index (χ0) is 14.3. The van der Waals surface area contributed by atoms with Gasteiger partial charge in [-0.15, -0.1) is 0 Å². The Balaban J connectivity index is 2.08. The van der Waals surface area contributed by atoms with Gasteiger partial charge in [0.1, 0.15) is 6.04 Å². The average Bonchev–Trinajstić information content (AvgIpc) is 2.82. The Hall–Kier alpha value is -2.30. The highest BCUT2D eigenvalue weighted by molar-refractivity contribution is 5.89. The van der Waals surface area contributed by atoms with Gasteiger partial charge in [0.05, 0.1) is 6.54 Å². The number of aromatic nitrogens is 1. The van der Waals surface area contributed by atoms with Gasteiger partial charge in [0.2, 0.25) is 5.91 Å². The Morgan fingerprint density at radius 2 is 2.15 bits per heavy atom. The molecule has 0 bridgehead atoms. The second kappa shape index (κ2) is 4.67. The summed E-state index contributed by atoms with van der Waals surface area (Å²) < 4.78 is 0. The minimum absolute atomic E-state index is 0.123. The topological polar surface area (TPSA) is 73.4 Å². The summed E-state index contributed by atoms with van der Waals surface area (Å²) in [4.78, 5) is 28.2. The normalized spacial score (nSPS) is 18.1. The fourth-order valence-electron chi connectivity index (χ4n) is 2.89. The van der Waals surface area contributed by atoms with Crippen LogP contribution in [0.1, 0.15) is 24.6 Å². The maximum Gasteiger partial charge on any atom is 0.326 e. The van der Waals surface area contributed by atoms with Crippen molar-refractivity contribution in [2.24, 2.45) is 0 Å². The molecule has 3 rings (SSSR count). The maximum atomic E-state index is 12.0. The van der Waals surface area contributed by atoms with Gasteiger partial charge >= 0.3 is 5.97 Å². The lowest BCUT2D eigenvalue weighted by molar-refractivity contribution is -0.151. The lowest BCUT2D eigenvalue weighted by atomic mass is 9.96. The van der Waals surface area contributed by atoms with E-state index in [0.717, 1.165) is 22.2 Å². The second-order valence-electron chi connectivity index (χ2n) is 5.06. The summed E-state index contributed by atoms with van der Waals surface area (Å²) in [5.41, 5.74) is 2.96. The van der Waals surface area contributed by atoms with E-state index in [-0.39, 0.29) is 5.91 Å². The van der Waals surface area contributed by atoms with Crippen LogP contribution in [0.15, 0.2) is 24.3 Å². The number of hydrogen-bond donors (Lipinski definition) is 2. The minimum Gasteiger partial charge on any atom is -0.480 e. The van der Waals surface area contributed by atoms with Crippen LogP contribution in [-0.2, 0) is 22.6 Å². The van der Waals surface area contributed by atoms with Crippen molar-refractivity contribution in [3.8, 4) is 0 Å². The van der Waals surface area contributed by atoms with Gasteiger partial charge in [-0.2, -0.15) is 0 Å². The van der Waals surface area contributed by atoms with Gasteiger partial charge in [0.25, 0.3) is 0 Å². The molecule has 0 unspecified atom stereocenters. The van der Waals surface area contributed by atoms with E-state index in [1.807, 2.05) is 24.3 Å². The van der Waals surface area contributed by atoms with Crippen LogP contribution in [0, 0.1) is 0 Å². The molecule has 2 aromatic rings. The SMILES string of the molecule is CCC(=O)N1Cc2[nH]c3ccccc3c2C[C@@H]1C(=O)O. The summed E-state index contributed by atoms with van der Waals surface area (Å²) in [6.45, 7) is 2.09. The Kier molecular flexibility index (Phi) is 2.97. The number of H-pyrrole nitrogens is 1. The molecule has 1 amide bonds. The van der Waals surface area contributed by atoms with E-state index in [2.05, 4.69) is 4.98 Å². The molecule has 0 spiro atoms. The summed E-state index contributed by atoms with van der Waals surface area (Å²) >= 11 is 0. The van der Waals surface area contributed by atoms with Gasteiger partial charge in [-0.1, -0.05) is 25.1 Å². The number of para-hydroxylation sites is 1. The van der Waals surface area contributed by atoms with Crippen molar-refractivity contribution >= 4 is 22.8 Å². The van der Waals surface area contributed by atoms with Crippen molar-refractivity contribution in [2.75, 3.05) is 0 Å². The number of carbonyl (C=O) groups is 2. The molecule has 2 N–H and O–H groups in total. The minimum atomic E-state index is -0.942. The van der Waals surface area contributed by atoms with Crippen LogP contribution in [0.25, 0.3) is 10.9 Å². The van der Waals surface area contributed by atoms with Crippen LogP contribution >= 0.6 is 0 Å². The number of hydrogen-bond acceptors (Lipinski definition) is 2. The standard InChI is InChI=1S/C15H16N2O3/c1-2-14(18)17-8-12-10(7-13(17)15(19)20)9-5-3-4-6-11(9)16-12/h3-6,13,16H,2,7-8H2,1H3,(H,19,20)/t13-/m1/s1. The summed E-state index contributed by atoms with van der Waals surface area (Å²) in [6, 6.07) is 7.06. The van der Waals surface area contributed by atoms with Gasteiger partial charge in [-0.05, 0) is 11.6 Å². The van der Waals surface area contributed by atoms with E-state index >= 15 is 0 Å². The average molecular weight is 272 g/mol. The Labute approximate surface area is 116 Å². The molecular weight excluding hydrogens is 256 g/mol. The molecular formula is C15H16N2O3. The number of nitrogens with one attached hydrogen (secondary N) is 1. The van der Waals surface area contributed by atoms with Crippen LogP contribution in [0.2, 0.25) is 0 Å². The smallest absolute Gasteiger partial charge is 0.326 e. The van der Waals surface area contributed by atoms with E-state index in [1.165, 1.54) is 4.90 Å². The highest BCUT2D eigenvalue weighted by Crippen LogP contribution is 2.30. The van der Waals surface area contributed by atoms with Crippen LogP contribution < -0.4 is 0 Å². The van der Waals surface area contributed by atoms with Crippen molar-refractivity contribution < 1.29 is 14.7 Å². The van der Waals surface area contributed by atoms with E-state index in [9.17, 15) is 14.7 Å². The van der Waals surface area contributed by atoms with Crippen molar-refractivity contribution in [1.82, 2.24) is 9.88 Å². The third kappa shape index (κ3) is 1.86. The van der Waals surface area contributed by atoms with Crippen molar-refractivity contribution in [3.05, 3.63) is 35.5 Å². The summed E-state index contributed by atoms with van der Waals surface area (Å²) in [5.74, 6) is -1.07. The van der Waals surface area contributed by atoms with Crippen LogP contribution in [0.4, 0.5) is 0 Å². The van der Waals surface area contributed by atoms with E-state index in [1.54, 1.807) is 6.92 Å². The third-order valence-electron chi connectivity index (χ3n) is 3.91. The van der Waals surface area contributed by atoms with Crippen molar-refractivity contribution in [1.29, 1.82) is 0 Å². The number of aromatic amines is 1. The molecule has 0 saturated heterocycles. The first-order chi connectivity index (χ1) is 9.61. The van der Waals surface area contributed by atoms with Crippen LogP contribution in [-0.4, -0.2) is 32.9 Å². The highest BCUT2D eigenvalue weighted by Gasteiger charge is 2.35. The number of carboxylic acid groups (broad SMARTS) is 1. The Morgan fingerprint density at radius 1 is 1.40 bits per heavy atom. The predicted molar refractivity (Wildman–Crippen MR) is 74.3 cm³/mol. The van der Waals surface area contributed by atoms with Gasteiger partial charge in [-0.25, -0.2) is 4.79 Å². The number of carboxylic acids is 1. The van der Waals surface area contributed by atoms with Crippen molar-refractivity contribution in [3.63, 3.8) is 0 Å². The Morgan fingerprint density at radius 3 is 2.85 bits per heavy atom. The lowest BCUT2D eigenvalue weighted by Gasteiger charge is -2.33. The molecule has 1 aromatic heterocycles. The number of nitrogens with zero attached hydrogens (tertiary/aromatic N) is 1. The fourth-order valence-corrected chi connectivity index (χ4v) is 2.89. The number of benzene rings is 1. The zero-order valence-electron chi connectivity index (χ0n) is 11.2. The summed E-state index contributed by atoms with van der Waals surface area (Å²) in [7, 11) is 0. The molecule has 5 heteroatoms. The van der Waals surface area contributed by atoms with Crippen LogP contribution in [0.5, 0.6) is 0 Å². The number of aliphatic carboxylic acids is 1. The first-order valence-corrected chi connectivity index (χ1v) is 6.72. The lowest BCUT2D eigenvalue weighted by Crippen LogP contribution is -2.48. The van der Waals surface area contributed by atoms with E-state index < -0.39 is 12.0 Å². The summed E-state index contributed by atoms with van der Waals surface area (Å²) in [6.07, 6.45) is 0.680. The molecule has 0 fully saturated rings. The number of amides is 1. The molecule has 1 aliphatic rings. The molecule has 1 aromatic carbocycles. The molecule has 0 radical (unpaired) electrons. The largest absolute Gasteiger partial charge is 0.480 e. The zero-order valence-corrected chi connectivity index (χ0v) is 11.2. The van der Waals surface area contributed by atoms with Gasteiger partial charge in [0, 0.05) is 29.4 Å². The van der Waals surface area contributed by atoms with E-state index in [4.69, 9.17) is 0 Å². The first kappa shape index (κ1) is 12.7. The van der Waals surface area contributed by atoms with Gasteiger partial charge < -0.3 is 15.0 Å². The maximum absolute atomic E-state index is 12.0. The molecule has 5 nitrogen and oxygen atoms in total. The monoisotopic (exact) mass is 272 g/mol. The second-order valence-corrected chi connectivity index (χ2v) is 5.06. The number of carbonyl (C=O) groups excluding carboxylic acids is 1. The van der Waals surface area contributed by atoms with Crippen molar-refractivity contribution in [2.45, 2.75) is 32.4 Å². The molecule has 2 heterocycles. The molecule has 1 aliphatic heterocycles. The predicted octanol–water partition coefficient (Wildman–Crippen LogP) is 1.92. The first-order valence-electron chi connectivity index (χ1n) is 6.72.